The highest BCUT2D eigenvalue weighted by Crippen LogP contribution is 2.27. The number of anilines is 1. The minimum absolute atomic E-state index is 0.109. The third kappa shape index (κ3) is 4.44. The Labute approximate surface area is 166 Å². The van der Waals surface area contributed by atoms with Crippen molar-refractivity contribution in [3.63, 3.8) is 0 Å². The van der Waals surface area contributed by atoms with E-state index in [0.717, 1.165) is 5.56 Å². The quantitative estimate of drug-likeness (QED) is 0.731. The van der Waals surface area contributed by atoms with Gasteiger partial charge in [0.15, 0.2) is 9.84 Å². The molecule has 1 amide bonds. The first-order valence-electron chi connectivity index (χ1n) is 9.38. The summed E-state index contributed by atoms with van der Waals surface area (Å²) in [4.78, 5) is 14.8. The molecule has 5 nitrogen and oxygen atoms in total. The van der Waals surface area contributed by atoms with Gasteiger partial charge in [0.2, 0.25) is 0 Å². The van der Waals surface area contributed by atoms with Gasteiger partial charge in [-0.25, -0.2) is 8.42 Å². The molecule has 1 aliphatic rings. The normalized spacial score (nSPS) is 17.6. The number of amides is 1. The number of carbonyl (C=O) groups is 1. The van der Waals surface area contributed by atoms with Gasteiger partial charge in [-0.3, -0.25) is 4.79 Å². The molecule has 28 heavy (non-hydrogen) atoms. The van der Waals surface area contributed by atoms with Crippen LogP contribution in [0.15, 0.2) is 60.0 Å². The molecular weight excluding hydrogens is 374 g/mol. The largest absolute Gasteiger partial charge is 0.494 e. The van der Waals surface area contributed by atoms with E-state index in [9.17, 15) is 13.2 Å². The summed E-state index contributed by atoms with van der Waals surface area (Å²) in [7, 11) is -3.29. The number of ether oxygens (including phenoxy) is 1. The second-order valence-corrected chi connectivity index (χ2v) is 9.04. The third-order valence-corrected chi connectivity index (χ3v) is 6.09. The third-order valence-electron chi connectivity index (χ3n) is 4.71. The van der Waals surface area contributed by atoms with Gasteiger partial charge in [-0.15, -0.1) is 0 Å². The summed E-state index contributed by atoms with van der Waals surface area (Å²) in [5.74, 6) is 0.709. The molecule has 1 aliphatic heterocycles. The molecule has 1 heterocycles. The zero-order chi connectivity index (χ0) is 20.3. The molecule has 0 bridgehead atoms. The van der Waals surface area contributed by atoms with Crippen molar-refractivity contribution in [1.29, 1.82) is 0 Å². The average molecular weight is 400 g/mol. The summed E-state index contributed by atoms with van der Waals surface area (Å²) in [5.41, 5.74) is 2.32. The molecular formula is C22H25NO4S. The number of hydrogen-bond donors (Lipinski definition) is 0. The Hall–Kier alpha value is -2.60. The van der Waals surface area contributed by atoms with Gasteiger partial charge in [0.1, 0.15) is 5.75 Å². The van der Waals surface area contributed by atoms with Crippen molar-refractivity contribution in [2.75, 3.05) is 17.3 Å². The lowest BCUT2D eigenvalue weighted by Crippen LogP contribution is -2.41. The number of nitrogens with zero attached hydrogens (tertiary/aromatic N) is 1. The Balaban J connectivity index is 1.96. The molecule has 6 heteroatoms. The molecule has 0 aliphatic carbocycles. The van der Waals surface area contributed by atoms with Crippen LogP contribution in [0.1, 0.15) is 42.6 Å². The van der Waals surface area contributed by atoms with Crippen molar-refractivity contribution in [2.24, 2.45) is 0 Å². The maximum Gasteiger partial charge on any atom is 0.258 e. The fraction of sp³-hybridized carbons (Fsp3) is 0.318. The van der Waals surface area contributed by atoms with E-state index in [1.165, 1.54) is 5.41 Å². The van der Waals surface area contributed by atoms with Gasteiger partial charge in [-0.2, -0.15) is 0 Å². The fourth-order valence-corrected chi connectivity index (χ4v) is 4.47. The molecule has 148 valence electrons. The summed E-state index contributed by atoms with van der Waals surface area (Å²) in [6.45, 7) is 6.65. The Bertz CT molecular complexity index is 961. The standard InChI is InChI=1S/C22H25NO4S/c1-4-27-21-11-7-18(8-12-21)22(24)23(20-13-14-28(25,26)15-20)19-9-5-17(6-10-19)16(2)3/h5-14,16,20H,4,15H2,1-3H3. The second-order valence-electron chi connectivity index (χ2n) is 7.10. The van der Waals surface area contributed by atoms with Crippen molar-refractivity contribution in [3.05, 3.63) is 71.1 Å². The van der Waals surface area contributed by atoms with Gasteiger partial charge in [0, 0.05) is 16.7 Å². The second kappa shape index (κ2) is 8.19. The Morgan fingerprint density at radius 1 is 1.11 bits per heavy atom. The predicted octanol–water partition coefficient (Wildman–Crippen LogP) is 4.17. The Morgan fingerprint density at radius 2 is 1.75 bits per heavy atom. The SMILES string of the molecule is CCOc1ccc(C(=O)N(c2ccc(C(C)C)cc2)C2C=CS(=O)(=O)C2)cc1. The minimum atomic E-state index is -3.29. The van der Waals surface area contributed by atoms with Gasteiger partial charge in [0.25, 0.3) is 5.91 Å². The van der Waals surface area contributed by atoms with Crippen LogP contribution in [0.3, 0.4) is 0 Å². The maximum absolute atomic E-state index is 13.3. The molecule has 3 rings (SSSR count). The number of rotatable bonds is 6. The lowest BCUT2D eigenvalue weighted by Gasteiger charge is -2.28. The van der Waals surface area contributed by atoms with Crippen LogP contribution >= 0.6 is 0 Å². The lowest BCUT2D eigenvalue weighted by molar-refractivity contribution is 0.0983. The number of carbonyl (C=O) groups excluding carboxylic acids is 1. The summed E-state index contributed by atoms with van der Waals surface area (Å²) in [6, 6.07) is 14.1. The molecule has 1 unspecified atom stereocenters. The molecule has 0 fully saturated rings. The summed E-state index contributed by atoms with van der Waals surface area (Å²) >= 11 is 0. The minimum Gasteiger partial charge on any atom is -0.494 e. The van der Waals surface area contributed by atoms with Gasteiger partial charge in [-0.1, -0.05) is 26.0 Å². The Kier molecular flexibility index (Phi) is 5.89. The summed E-state index contributed by atoms with van der Waals surface area (Å²) in [5, 5.41) is 1.19. The van der Waals surface area contributed by atoms with E-state index in [-0.39, 0.29) is 11.7 Å². The van der Waals surface area contributed by atoms with Gasteiger partial charge >= 0.3 is 0 Å². The van der Waals surface area contributed by atoms with Crippen LogP contribution in [0.2, 0.25) is 0 Å². The topological polar surface area (TPSA) is 63.7 Å². The highest BCUT2D eigenvalue weighted by molar-refractivity contribution is 7.94. The Morgan fingerprint density at radius 3 is 2.25 bits per heavy atom. The van der Waals surface area contributed by atoms with Crippen LogP contribution in [0, 0.1) is 0 Å². The van der Waals surface area contributed by atoms with Crippen LogP contribution in [-0.2, 0) is 9.84 Å². The summed E-state index contributed by atoms with van der Waals surface area (Å²) in [6.07, 6.45) is 1.58. The highest BCUT2D eigenvalue weighted by atomic mass is 32.2. The first-order chi connectivity index (χ1) is 13.3. The van der Waals surface area contributed by atoms with Crippen LogP contribution in [0.25, 0.3) is 0 Å². The fourth-order valence-electron chi connectivity index (χ4n) is 3.20. The van der Waals surface area contributed by atoms with Crippen molar-refractivity contribution >= 4 is 21.4 Å². The van der Waals surface area contributed by atoms with Crippen molar-refractivity contribution in [2.45, 2.75) is 32.7 Å². The van der Waals surface area contributed by atoms with E-state index >= 15 is 0 Å². The first kappa shape index (κ1) is 20.1. The van der Waals surface area contributed by atoms with E-state index in [0.29, 0.717) is 29.5 Å². The molecule has 2 aromatic carbocycles. The zero-order valence-electron chi connectivity index (χ0n) is 16.3. The summed E-state index contributed by atoms with van der Waals surface area (Å²) < 4.78 is 29.3. The predicted molar refractivity (Wildman–Crippen MR) is 112 cm³/mol. The number of benzene rings is 2. The average Bonchev–Trinajstić information content (AvgIpc) is 3.02. The number of sulfone groups is 1. The monoisotopic (exact) mass is 399 g/mol. The van der Waals surface area contributed by atoms with Gasteiger partial charge in [0.05, 0.1) is 18.4 Å². The molecule has 0 aromatic heterocycles. The van der Waals surface area contributed by atoms with E-state index in [1.807, 2.05) is 31.2 Å². The lowest BCUT2D eigenvalue weighted by atomic mass is 10.0. The molecule has 2 aromatic rings. The smallest absolute Gasteiger partial charge is 0.258 e. The first-order valence-corrected chi connectivity index (χ1v) is 11.1. The van der Waals surface area contributed by atoms with Gasteiger partial charge in [-0.05, 0) is 60.9 Å². The molecule has 0 radical (unpaired) electrons. The van der Waals surface area contributed by atoms with E-state index < -0.39 is 15.9 Å². The molecule has 1 atom stereocenters. The van der Waals surface area contributed by atoms with E-state index in [1.54, 1.807) is 35.2 Å². The maximum atomic E-state index is 13.3. The molecule has 0 N–H and O–H groups in total. The van der Waals surface area contributed by atoms with Crippen LogP contribution < -0.4 is 9.64 Å². The van der Waals surface area contributed by atoms with Crippen LogP contribution in [0.4, 0.5) is 5.69 Å². The molecule has 0 spiro atoms. The van der Waals surface area contributed by atoms with Crippen LogP contribution in [-0.4, -0.2) is 32.7 Å². The van der Waals surface area contributed by atoms with Gasteiger partial charge < -0.3 is 9.64 Å². The van der Waals surface area contributed by atoms with E-state index in [2.05, 4.69) is 13.8 Å². The van der Waals surface area contributed by atoms with Crippen LogP contribution in [0.5, 0.6) is 5.75 Å². The van der Waals surface area contributed by atoms with Crippen molar-refractivity contribution in [1.82, 2.24) is 0 Å². The zero-order valence-corrected chi connectivity index (χ0v) is 17.1. The molecule has 0 saturated heterocycles. The molecule has 0 saturated carbocycles. The van der Waals surface area contributed by atoms with Crippen molar-refractivity contribution < 1.29 is 17.9 Å². The van der Waals surface area contributed by atoms with Crippen molar-refractivity contribution in [3.8, 4) is 5.75 Å². The number of hydrogen-bond acceptors (Lipinski definition) is 4. The van der Waals surface area contributed by atoms with E-state index in [4.69, 9.17) is 4.74 Å². The highest BCUT2D eigenvalue weighted by Gasteiger charge is 2.32.